The first-order chi connectivity index (χ1) is 16.9. The molecule has 5 N–H and O–H groups in total. The lowest BCUT2D eigenvalue weighted by atomic mass is 10.0. The van der Waals surface area contributed by atoms with Crippen LogP contribution in [0.5, 0.6) is 11.5 Å². The lowest BCUT2D eigenvalue weighted by Gasteiger charge is -2.31. The van der Waals surface area contributed by atoms with E-state index in [4.69, 9.17) is 20.6 Å². The first-order valence-corrected chi connectivity index (χ1v) is 10.4. The molecule has 0 saturated carbocycles. The highest BCUT2D eigenvalue weighted by Gasteiger charge is 2.30. The van der Waals surface area contributed by atoms with Gasteiger partial charge in [0, 0.05) is 23.6 Å². The third kappa shape index (κ3) is 4.95. The van der Waals surface area contributed by atoms with Crippen molar-refractivity contribution in [1.29, 1.82) is 5.41 Å². The number of hydrogen-bond donors (Lipinski definition) is 4. The fourth-order valence-corrected chi connectivity index (χ4v) is 3.44. The first kappa shape index (κ1) is 23.4. The van der Waals surface area contributed by atoms with E-state index in [-0.39, 0.29) is 35.7 Å². The summed E-state index contributed by atoms with van der Waals surface area (Å²) in [6, 6.07) is 10.9. The number of amidine groups is 2. The fourth-order valence-electron chi connectivity index (χ4n) is 3.44. The van der Waals surface area contributed by atoms with Crippen LogP contribution in [0.25, 0.3) is 0 Å². The van der Waals surface area contributed by atoms with Crippen LogP contribution in [0, 0.1) is 11.2 Å². The van der Waals surface area contributed by atoms with E-state index in [1.165, 1.54) is 43.8 Å². The summed E-state index contributed by atoms with van der Waals surface area (Å²) in [5, 5.41) is 12.1. The summed E-state index contributed by atoms with van der Waals surface area (Å²) < 4.78 is 25.0. The van der Waals surface area contributed by atoms with Crippen LogP contribution in [0.15, 0.2) is 59.9 Å². The minimum Gasteiger partial charge on any atom is -0.494 e. The number of hydrogen-bond acceptors (Lipinski definition) is 9. The average molecular weight is 478 g/mol. The number of nitrogens with two attached hydrogens (primary N) is 1. The smallest absolute Gasteiger partial charge is 0.270 e. The highest BCUT2D eigenvalue weighted by atomic mass is 19.1. The molecular formula is C23H23FN8O3. The molecule has 2 heterocycles. The van der Waals surface area contributed by atoms with Crippen LogP contribution < -0.4 is 31.0 Å². The van der Waals surface area contributed by atoms with Gasteiger partial charge in [-0.25, -0.2) is 9.97 Å². The molecule has 0 saturated heterocycles. The monoisotopic (exact) mass is 478 g/mol. The SMILES string of the molecule is COc1cc(C(Nc2ccc(C(=N)N)cc2)C2=NCC(=O)N(c3ncccn3)N2)cc(OC)c1F. The summed E-state index contributed by atoms with van der Waals surface area (Å²) in [5.74, 6) is -0.582. The Morgan fingerprint density at radius 3 is 2.37 bits per heavy atom. The zero-order valence-electron chi connectivity index (χ0n) is 18.9. The van der Waals surface area contributed by atoms with Gasteiger partial charge in [-0.1, -0.05) is 0 Å². The minimum absolute atomic E-state index is 0.0196. The highest BCUT2D eigenvalue weighted by Crippen LogP contribution is 2.33. The molecule has 0 bridgehead atoms. The number of rotatable bonds is 8. The van der Waals surface area contributed by atoms with Gasteiger partial charge in [-0.05, 0) is 48.0 Å². The summed E-state index contributed by atoms with van der Waals surface area (Å²) in [7, 11) is 2.71. The van der Waals surface area contributed by atoms with Crippen molar-refractivity contribution in [2.24, 2.45) is 10.7 Å². The van der Waals surface area contributed by atoms with E-state index in [1.54, 1.807) is 30.3 Å². The number of anilines is 2. The van der Waals surface area contributed by atoms with Gasteiger partial charge in [0.1, 0.15) is 24.3 Å². The van der Waals surface area contributed by atoms with Crippen LogP contribution in [0.1, 0.15) is 17.2 Å². The van der Waals surface area contributed by atoms with Gasteiger partial charge in [0.25, 0.3) is 11.9 Å². The Kier molecular flexibility index (Phi) is 6.71. The molecule has 1 aliphatic heterocycles. The Labute approximate surface area is 200 Å². The number of halogens is 1. The maximum Gasteiger partial charge on any atom is 0.270 e. The zero-order chi connectivity index (χ0) is 24.9. The number of methoxy groups -OCH3 is 2. The van der Waals surface area contributed by atoms with E-state index < -0.39 is 11.9 Å². The quantitative estimate of drug-likeness (QED) is 0.284. The Hall–Kier alpha value is -4.74. The van der Waals surface area contributed by atoms with Crippen molar-refractivity contribution < 1.29 is 18.7 Å². The third-order valence-electron chi connectivity index (χ3n) is 5.19. The molecule has 1 amide bonds. The highest BCUT2D eigenvalue weighted by molar-refractivity contribution is 6.04. The molecule has 1 aromatic heterocycles. The number of benzene rings is 2. The topological polar surface area (TPSA) is 151 Å². The summed E-state index contributed by atoms with van der Waals surface area (Å²) in [5.41, 5.74) is 10.3. The average Bonchev–Trinajstić information content (AvgIpc) is 2.88. The van der Waals surface area contributed by atoms with Crippen LogP contribution in [-0.4, -0.2) is 48.3 Å². The fraction of sp³-hybridized carbons (Fsp3) is 0.174. The number of aliphatic imine (C=N–C) groups is 1. The standard InChI is InChI=1S/C23H23FN8O3/c1-34-16-10-14(11-17(35-2)19(16)24)20(30-15-6-4-13(5-7-15)21(25)26)22-29-12-18(33)32(31-22)23-27-8-3-9-28-23/h3-11,20,30H,12H2,1-2H3,(H3,25,26)(H,29,31). The number of carbonyl (C=O) groups is 1. The first-order valence-electron chi connectivity index (χ1n) is 10.4. The molecule has 1 aliphatic rings. The maximum atomic E-state index is 14.6. The number of nitrogen functional groups attached to an aromatic ring is 1. The van der Waals surface area contributed by atoms with E-state index in [9.17, 15) is 9.18 Å². The predicted octanol–water partition coefficient (Wildman–Crippen LogP) is 2.02. The number of hydrazine groups is 1. The molecule has 0 spiro atoms. The van der Waals surface area contributed by atoms with Crippen LogP contribution in [-0.2, 0) is 4.79 Å². The summed E-state index contributed by atoms with van der Waals surface area (Å²) >= 11 is 0. The van der Waals surface area contributed by atoms with Gasteiger partial charge < -0.3 is 20.5 Å². The van der Waals surface area contributed by atoms with Gasteiger partial charge in [-0.15, -0.1) is 0 Å². The Morgan fingerprint density at radius 1 is 1.17 bits per heavy atom. The Bertz CT molecular complexity index is 1240. The molecule has 0 fully saturated rings. The summed E-state index contributed by atoms with van der Waals surface area (Å²) in [6.07, 6.45) is 3.04. The van der Waals surface area contributed by atoms with Gasteiger partial charge in [0.2, 0.25) is 5.82 Å². The molecule has 12 heteroatoms. The minimum atomic E-state index is -0.694. The van der Waals surface area contributed by atoms with Crippen molar-refractivity contribution in [3.63, 3.8) is 0 Å². The number of carbonyl (C=O) groups excluding carboxylic acids is 1. The van der Waals surface area contributed by atoms with Crippen LogP contribution >= 0.6 is 0 Å². The van der Waals surface area contributed by atoms with Crippen LogP contribution in [0.2, 0.25) is 0 Å². The van der Waals surface area contributed by atoms with Gasteiger partial charge >= 0.3 is 0 Å². The molecule has 11 nitrogen and oxygen atoms in total. The molecule has 4 rings (SSSR count). The lowest BCUT2D eigenvalue weighted by molar-refractivity contribution is -0.118. The van der Waals surface area contributed by atoms with Gasteiger partial charge in [0.15, 0.2) is 11.5 Å². The number of amides is 1. The van der Waals surface area contributed by atoms with Crippen LogP contribution in [0.3, 0.4) is 0 Å². The van der Waals surface area contributed by atoms with E-state index in [0.717, 1.165) is 0 Å². The maximum absolute atomic E-state index is 14.6. The molecule has 0 aliphatic carbocycles. The molecule has 0 radical (unpaired) electrons. The van der Waals surface area contributed by atoms with Gasteiger partial charge in [-0.2, -0.15) is 9.40 Å². The molecule has 3 aromatic rings. The van der Waals surface area contributed by atoms with Crippen molar-refractivity contribution in [2.75, 3.05) is 31.1 Å². The Balaban J connectivity index is 1.76. The molecule has 180 valence electrons. The number of nitrogens with zero attached hydrogens (tertiary/aromatic N) is 4. The molecule has 35 heavy (non-hydrogen) atoms. The predicted molar refractivity (Wildman–Crippen MR) is 128 cm³/mol. The molecule has 1 atom stereocenters. The summed E-state index contributed by atoms with van der Waals surface area (Å²) in [4.78, 5) is 25.2. The second kappa shape index (κ2) is 10.0. The van der Waals surface area contributed by atoms with Gasteiger partial charge in [-0.3, -0.25) is 20.6 Å². The van der Waals surface area contributed by atoms with Crippen molar-refractivity contribution in [1.82, 2.24) is 15.4 Å². The number of aromatic nitrogens is 2. The molecular weight excluding hydrogens is 455 g/mol. The van der Waals surface area contributed by atoms with Gasteiger partial charge in [0.05, 0.1) is 14.2 Å². The second-order valence-corrected chi connectivity index (χ2v) is 7.40. The van der Waals surface area contributed by atoms with E-state index in [1.807, 2.05) is 0 Å². The second-order valence-electron chi connectivity index (χ2n) is 7.40. The van der Waals surface area contributed by atoms with Crippen molar-refractivity contribution in [2.45, 2.75) is 6.04 Å². The number of nitrogens with one attached hydrogen (secondary N) is 3. The van der Waals surface area contributed by atoms with E-state index >= 15 is 0 Å². The van der Waals surface area contributed by atoms with Crippen LogP contribution in [0.4, 0.5) is 16.0 Å². The lowest BCUT2D eigenvalue weighted by Crippen LogP contribution is -2.54. The Morgan fingerprint density at radius 2 is 1.80 bits per heavy atom. The van der Waals surface area contributed by atoms with Crippen molar-refractivity contribution >= 4 is 29.2 Å². The molecule has 1 unspecified atom stereocenters. The number of ether oxygens (including phenoxy) is 2. The normalized spacial score (nSPS) is 14.0. The van der Waals surface area contributed by atoms with E-state index in [2.05, 4.69) is 25.7 Å². The van der Waals surface area contributed by atoms with E-state index in [0.29, 0.717) is 22.6 Å². The third-order valence-corrected chi connectivity index (χ3v) is 5.19. The largest absolute Gasteiger partial charge is 0.494 e. The van der Waals surface area contributed by atoms with Crippen molar-refractivity contribution in [3.8, 4) is 11.5 Å². The van der Waals surface area contributed by atoms with Crippen molar-refractivity contribution in [3.05, 3.63) is 71.8 Å². The summed E-state index contributed by atoms with van der Waals surface area (Å²) in [6.45, 7) is -0.155. The zero-order valence-corrected chi connectivity index (χ0v) is 18.9. The molecule has 2 aromatic carbocycles.